The summed E-state index contributed by atoms with van der Waals surface area (Å²) in [5, 5.41) is 14.2. The number of nitrogens with one attached hydrogen (secondary N) is 1. The average molecular weight is 343 g/mol. The van der Waals surface area contributed by atoms with Crippen molar-refractivity contribution in [2.75, 3.05) is 12.4 Å². The molecule has 130 valence electrons. The number of imidazole rings is 1. The number of methoxy groups -OCH3 is 1. The molecule has 0 amide bonds. The summed E-state index contributed by atoms with van der Waals surface area (Å²) < 4.78 is 6.68. The van der Waals surface area contributed by atoms with Gasteiger partial charge in [0.15, 0.2) is 0 Å². The first-order valence-corrected chi connectivity index (χ1v) is 7.54. The smallest absolute Gasteiger partial charge is 0.337 e. The van der Waals surface area contributed by atoms with Crippen molar-refractivity contribution >= 4 is 17.6 Å². The van der Waals surface area contributed by atoms with Gasteiger partial charge in [-0.1, -0.05) is 12.1 Å². The highest BCUT2D eigenvalue weighted by atomic mass is 16.6. The normalized spacial score (nSPS) is 16.2. The molecular weight excluding hydrogens is 326 g/mol. The van der Waals surface area contributed by atoms with Crippen molar-refractivity contribution in [1.82, 2.24) is 9.55 Å². The average Bonchev–Trinajstić information content (AvgIpc) is 3.02. The standard InChI is InChI=1S/C16H17N5O4/c1-9-13(15(22)25-2)14(10-4-3-5-11(6-10)21(23)24)20-12(7-17)8-18-16(20)19-9/h3-6,8,14H,7,17H2,1-2H3,(H,18,19). The Bertz CT molecular complexity index is 886. The third kappa shape index (κ3) is 2.74. The fourth-order valence-corrected chi connectivity index (χ4v) is 3.00. The maximum Gasteiger partial charge on any atom is 0.337 e. The molecule has 1 unspecified atom stereocenters. The Morgan fingerprint density at radius 2 is 2.28 bits per heavy atom. The molecule has 2 aromatic rings. The van der Waals surface area contributed by atoms with Gasteiger partial charge in [-0.2, -0.15) is 0 Å². The molecule has 0 fully saturated rings. The Labute approximate surface area is 143 Å². The predicted molar refractivity (Wildman–Crippen MR) is 89.7 cm³/mol. The SMILES string of the molecule is COC(=O)C1=C(C)Nc2ncc(CN)n2C1c1cccc([N+](=O)[O-])c1. The largest absolute Gasteiger partial charge is 0.466 e. The van der Waals surface area contributed by atoms with E-state index in [-0.39, 0.29) is 12.2 Å². The number of benzene rings is 1. The van der Waals surface area contributed by atoms with Crippen LogP contribution in [0.4, 0.5) is 11.6 Å². The molecule has 9 nitrogen and oxygen atoms in total. The van der Waals surface area contributed by atoms with Crippen LogP contribution in [0.15, 0.2) is 41.7 Å². The van der Waals surface area contributed by atoms with E-state index in [0.717, 1.165) is 0 Å². The van der Waals surface area contributed by atoms with Crippen LogP contribution in [0, 0.1) is 10.1 Å². The fraction of sp³-hybridized carbons (Fsp3) is 0.250. The molecule has 1 atom stereocenters. The van der Waals surface area contributed by atoms with Crippen LogP contribution >= 0.6 is 0 Å². The number of fused-ring (bicyclic) bond motifs is 1. The highest BCUT2D eigenvalue weighted by molar-refractivity contribution is 5.92. The number of carbonyl (C=O) groups excluding carboxylic acids is 1. The topological polar surface area (TPSA) is 125 Å². The first-order chi connectivity index (χ1) is 12.0. The van der Waals surface area contributed by atoms with E-state index in [1.54, 1.807) is 29.8 Å². The molecule has 1 aromatic carbocycles. The molecule has 0 aliphatic carbocycles. The quantitative estimate of drug-likeness (QED) is 0.492. The van der Waals surface area contributed by atoms with E-state index in [0.29, 0.717) is 28.5 Å². The summed E-state index contributed by atoms with van der Waals surface area (Å²) in [5.41, 5.74) is 7.92. The van der Waals surface area contributed by atoms with Gasteiger partial charge in [-0.25, -0.2) is 9.78 Å². The molecule has 2 heterocycles. The third-order valence-corrected chi connectivity index (χ3v) is 4.12. The van der Waals surface area contributed by atoms with Crippen LogP contribution < -0.4 is 11.1 Å². The van der Waals surface area contributed by atoms with E-state index in [9.17, 15) is 14.9 Å². The second-order valence-electron chi connectivity index (χ2n) is 5.56. The summed E-state index contributed by atoms with van der Waals surface area (Å²) in [5.74, 6) is -0.00839. The molecule has 0 spiro atoms. The van der Waals surface area contributed by atoms with E-state index in [4.69, 9.17) is 10.5 Å². The maximum atomic E-state index is 12.4. The lowest BCUT2D eigenvalue weighted by atomic mass is 9.94. The van der Waals surface area contributed by atoms with Crippen molar-refractivity contribution in [2.24, 2.45) is 5.73 Å². The highest BCUT2D eigenvalue weighted by Crippen LogP contribution is 2.38. The third-order valence-electron chi connectivity index (χ3n) is 4.12. The van der Waals surface area contributed by atoms with Gasteiger partial charge < -0.3 is 20.4 Å². The zero-order valence-electron chi connectivity index (χ0n) is 13.7. The molecule has 1 aliphatic heterocycles. The van der Waals surface area contributed by atoms with Crippen LogP contribution in [0.1, 0.15) is 24.2 Å². The van der Waals surface area contributed by atoms with Gasteiger partial charge >= 0.3 is 5.97 Å². The van der Waals surface area contributed by atoms with Crippen LogP contribution in [0.2, 0.25) is 0 Å². The van der Waals surface area contributed by atoms with E-state index in [2.05, 4.69) is 10.3 Å². The second kappa shape index (κ2) is 6.36. The number of nitrogens with zero attached hydrogens (tertiary/aromatic N) is 3. The molecule has 0 bridgehead atoms. The zero-order valence-corrected chi connectivity index (χ0v) is 13.7. The lowest BCUT2D eigenvalue weighted by Gasteiger charge is -2.30. The van der Waals surface area contributed by atoms with E-state index < -0.39 is 16.9 Å². The number of esters is 1. The number of nitro groups is 1. The van der Waals surface area contributed by atoms with Crippen molar-refractivity contribution in [3.8, 4) is 0 Å². The number of allylic oxidation sites excluding steroid dienone is 1. The summed E-state index contributed by atoms with van der Waals surface area (Å²) in [4.78, 5) is 27.3. The van der Waals surface area contributed by atoms with Crippen molar-refractivity contribution in [3.63, 3.8) is 0 Å². The minimum atomic E-state index is -0.621. The highest BCUT2D eigenvalue weighted by Gasteiger charge is 2.35. The van der Waals surface area contributed by atoms with Crippen molar-refractivity contribution in [2.45, 2.75) is 19.5 Å². The molecular formula is C16H17N5O4. The lowest BCUT2D eigenvalue weighted by Crippen LogP contribution is -2.30. The molecule has 0 saturated carbocycles. The summed E-state index contributed by atoms with van der Waals surface area (Å²) in [6, 6.07) is 5.53. The summed E-state index contributed by atoms with van der Waals surface area (Å²) in [7, 11) is 1.29. The Morgan fingerprint density at radius 1 is 1.52 bits per heavy atom. The van der Waals surface area contributed by atoms with Gasteiger partial charge in [0.05, 0.1) is 35.5 Å². The fourth-order valence-electron chi connectivity index (χ4n) is 3.00. The van der Waals surface area contributed by atoms with Crippen molar-refractivity contribution < 1.29 is 14.5 Å². The molecule has 0 radical (unpaired) electrons. The van der Waals surface area contributed by atoms with Gasteiger partial charge in [0.1, 0.15) is 0 Å². The lowest BCUT2D eigenvalue weighted by molar-refractivity contribution is -0.384. The Morgan fingerprint density at radius 3 is 2.92 bits per heavy atom. The number of rotatable bonds is 4. The molecule has 1 aliphatic rings. The number of ether oxygens (including phenoxy) is 1. The van der Waals surface area contributed by atoms with Crippen LogP contribution in [0.25, 0.3) is 0 Å². The van der Waals surface area contributed by atoms with Gasteiger partial charge in [0, 0.05) is 24.4 Å². The molecule has 25 heavy (non-hydrogen) atoms. The summed E-state index contributed by atoms with van der Waals surface area (Å²) in [6.07, 6.45) is 1.61. The first-order valence-electron chi connectivity index (χ1n) is 7.54. The van der Waals surface area contributed by atoms with Gasteiger partial charge in [-0.15, -0.1) is 0 Å². The predicted octanol–water partition coefficient (Wildman–Crippen LogP) is 1.71. The Balaban J connectivity index is 2.25. The summed E-state index contributed by atoms with van der Waals surface area (Å²) in [6.45, 7) is 1.94. The Hall–Kier alpha value is -3.20. The zero-order chi connectivity index (χ0) is 18.1. The maximum absolute atomic E-state index is 12.4. The number of aromatic nitrogens is 2. The first kappa shape index (κ1) is 16.7. The minimum Gasteiger partial charge on any atom is -0.466 e. The molecule has 1 aromatic heterocycles. The number of nitro benzene ring substituents is 1. The van der Waals surface area contributed by atoms with Gasteiger partial charge in [0.2, 0.25) is 5.95 Å². The van der Waals surface area contributed by atoms with Crippen molar-refractivity contribution in [1.29, 1.82) is 0 Å². The number of nitrogens with two attached hydrogens (primary N) is 1. The molecule has 9 heteroatoms. The number of anilines is 1. The number of non-ortho nitro benzene ring substituents is 1. The van der Waals surface area contributed by atoms with Gasteiger partial charge in [-0.3, -0.25) is 10.1 Å². The monoisotopic (exact) mass is 343 g/mol. The van der Waals surface area contributed by atoms with Crippen LogP contribution in [-0.4, -0.2) is 27.6 Å². The number of carbonyl (C=O) groups is 1. The van der Waals surface area contributed by atoms with Gasteiger partial charge in [-0.05, 0) is 12.5 Å². The van der Waals surface area contributed by atoms with E-state index >= 15 is 0 Å². The van der Waals surface area contributed by atoms with Crippen LogP contribution in [0.3, 0.4) is 0 Å². The number of hydrogen-bond acceptors (Lipinski definition) is 7. The van der Waals surface area contributed by atoms with E-state index in [1.165, 1.54) is 19.2 Å². The second-order valence-corrected chi connectivity index (χ2v) is 5.56. The molecule has 3 rings (SSSR count). The van der Waals surface area contributed by atoms with Gasteiger partial charge in [0.25, 0.3) is 5.69 Å². The number of hydrogen-bond donors (Lipinski definition) is 2. The van der Waals surface area contributed by atoms with Crippen molar-refractivity contribution in [3.05, 3.63) is 63.1 Å². The summed E-state index contributed by atoms with van der Waals surface area (Å²) >= 11 is 0. The van der Waals surface area contributed by atoms with E-state index in [1.807, 2.05) is 0 Å². The van der Waals surface area contributed by atoms with Crippen LogP contribution in [-0.2, 0) is 16.1 Å². The minimum absolute atomic E-state index is 0.0612. The van der Waals surface area contributed by atoms with Crippen LogP contribution in [0.5, 0.6) is 0 Å². The molecule has 0 saturated heterocycles. The Kier molecular flexibility index (Phi) is 4.24. The molecule has 3 N–H and O–H groups in total.